The van der Waals surface area contributed by atoms with Crippen molar-refractivity contribution in [2.24, 2.45) is 5.92 Å². The van der Waals surface area contributed by atoms with E-state index in [9.17, 15) is 13.6 Å². The molecule has 1 aromatic carbocycles. The third-order valence-corrected chi connectivity index (χ3v) is 2.76. The molecule has 0 heterocycles. The highest BCUT2D eigenvalue weighted by Gasteiger charge is 2.14. The summed E-state index contributed by atoms with van der Waals surface area (Å²) in [7, 11) is 1.78. The van der Waals surface area contributed by atoms with E-state index in [1.54, 1.807) is 7.05 Å². The van der Waals surface area contributed by atoms with Gasteiger partial charge < -0.3 is 10.6 Å². The Kier molecular flexibility index (Phi) is 5.71. The Bertz CT molecular complexity index is 410. The van der Waals surface area contributed by atoms with E-state index in [1.807, 2.05) is 6.92 Å². The van der Waals surface area contributed by atoms with Crippen LogP contribution in [0, 0.1) is 17.6 Å². The number of amides is 1. The molecule has 0 aliphatic carbocycles. The summed E-state index contributed by atoms with van der Waals surface area (Å²) in [5, 5.41) is 5.66. The molecule has 0 bridgehead atoms. The maximum Gasteiger partial charge on any atom is 0.224 e. The van der Waals surface area contributed by atoms with Gasteiger partial charge in [0.25, 0.3) is 0 Å². The topological polar surface area (TPSA) is 41.1 Å². The number of nitrogens with one attached hydrogen (secondary N) is 2. The summed E-state index contributed by atoms with van der Waals surface area (Å²) in [5.74, 6) is -1.98. The van der Waals surface area contributed by atoms with Crippen molar-refractivity contribution in [1.29, 1.82) is 0 Å². The lowest BCUT2D eigenvalue weighted by molar-refractivity contribution is -0.125. The molecule has 0 spiro atoms. The average Bonchev–Trinajstić information content (AvgIpc) is 2.37. The molecule has 2 N–H and O–H groups in total. The van der Waals surface area contributed by atoms with Crippen LogP contribution in [0.4, 0.5) is 8.78 Å². The van der Waals surface area contributed by atoms with Gasteiger partial charge in [-0.05, 0) is 31.2 Å². The van der Waals surface area contributed by atoms with Crippen LogP contribution in [0.5, 0.6) is 0 Å². The van der Waals surface area contributed by atoms with Crippen LogP contribution in [-0.4, -0.2) is 19.5 Å². The Hall–Kier alpha value is -1.49. The summed E-state index contributed by atoms with van der Waals surface area (Å²) in [4.78, 5) is 11.8. The molecular weight excluding hydrogens is 238 g/mol. The Morgan fingerprint density at radius 1 is 1.33 bits per heavy atom. The third kappa shape index (κ3) is 4.07. The maximum absolute atomic E-state index is 13.0. The van der Waals surface area contributed by atoms with Crippen LogP contribution < -0.4 is 10.6 Å². The predicted molar refractivity (Wildman–Crippen MR) is 65.9 cm³/mol. The average molecular weight is 256 g/mol. The standard InChI is InChI=1S/C13H18F2N2O/c1-3-10(8-16-2)13(18)17-7-9-4-5-11(14)12(15)6-9/h4-6,10,16H,3,7-8H2,1-2H3,(H,17,18). The summed E-state index contributed by atoms with van der Waals surface area (Å²) in [6, 6.07) is 3.61. The first-order chi connectivity index (χ1) is 8.58. The van der Waals surface area contributed by atoms with Crippen molar-refractivity contribution in [2.45, 2.75) is 19.9 Å². The van der Waals surface area contributed by atoms with Gasteiger partial charge in [-0.3, -0.25) is 4.79 Å². The van der Waals surface area contributed by atoms with Crippen molar-refractivity contribution < 1.29 is 13.6 Å². The molecule has 1 amide bonds. The fourth-order valence-electron chi connectivity index (χ4n) is 1.65. The van der Waals surface area contributed by atoms with Crippen molar-refractivity contribution in [3.05, 3.63) is 35.4 Å². The van der Waals surface area contributed by atoms with Gasteiger partial charge >= 0.3 is 0 Å². The lowest BCUT2D eigenvalue weighted by Crippen LogP contribution is -2.35. The van der Waals surface area contributed by atoms with Crippen LogP contribution in [0.15, 0.2) is 18.2 Å². The first-order valence-electron chi connectivity index (χ1n) is 5.94. The van der Waals surface area contributed by atoms with Gasteiger partial charge in [0.15, 0.2) is 11.6 Å². The Morgan fingerprint density at radius 3 is 2.61 bits per heavy atom. The van der Waals surface area contributed by atoms with E-state index in [0.717, 1.165) is 18.6 Å². The second-order valence-electron chi connectivity index (χ2n) is 4.13. The zero-order valence-corrected chi connectivity index (χ0v) is 10.6. The van der Waals surface area contributed by atoms with Gasteiger partial charge in [0.05, 0.1) is 5.92 Å². The molecule has 100 valence electrons. The van der Waals surface area contributed by atoms with Crippen molar-refractivity contribution in [2.75, 3.05) is 13.6 Å². The molecule has 18 heavy (non-hydrogen) atoms. The summed E-state index contributed by atoms with van der Waals surface area (Å²) < 4.78 is 25.7. The number of rotatable bonds is 6. The van der Waals surface area contributed by atoms with Gasteiger partial charge in [-0.1, -0.05) is 13.0 Å². The smallest absolute Gasteiger partial charge is 0.224 e. The summed E-state index contributed by atoms with van der Waals surface area (Å²) in [6.07, 6.45) is 0.727. The summed E-state index contributed by atoms with van der Waals surface area (Å²) in [5.41, 5.74) is 0.543. The molecule has 0 aromatic heterocycles. The molecule has 0 saturated heterocycles. The van der Waals surface area contributed by atoms with E-state index in [4.69, 9.17) is 0 Å². The van der Waals surface area contributed by atoms with Crippen LogP contribution in [0.3, 0.4) is 0 Å². The van der Waals surface area contributed by atoms with E-state index >= 15 is 0 Å². The zero-order chi connectivity index (χ0) is 13.5. The Balaban J connectivity index is 2.53. The molecular formula is C13H18F2N2O. The number of carbonyl (C=O) groups is 1. The van der Waals surface area contributed by atoms with Gasteiger partial charge in [-0.2, -0.15) is 0 Å². The van der Waals surface area contributed by atoms with Crippen molar-refractivity contribution in [1.82, 2.24) is 10.6 Å². The second kappa shape index (κ2) is 7.06. The maximum atomic E-state index is 13.0. The Morgan fingerprint density at radius 2 is 2.06 bits per heavy atom. The van der Waals surface area contributed by atoms with E-state index < -0.39 is 11.6 Å². The summed E-state index contributed by atoms with van der Waals surface area (Å²) in [6.45, 7) is 2.73. The molecule has 1 atom stereocenters. The largest absolute Gasteiger partial charge is 0.352 e. The minimum atomic E-state index is -0.899. The SMILES string of the molecule is CCC(CNC)C(=O)NCc1ccc(F)c(F)c1. The number of hydrogen-bond acceptors (Lipinski definition) is 2. The van der Waals surface area contributed by atoms with Gasteiger partial charge in [-0.25, -0.2) is 8.78 Å². The molecule has 3 nitrogen and oxygen atoms in total. The lowest BCUT2D eigenvalue weighted by atomic mass is 10.1. The Labute approximate surface area is 106 Å². The van der Waals surface area contributed by atoms with Gasteiger partial charge in [0.1, 0.15) is 0 Å². The van der Waals surface area contributed by atoms with Crippen molar-refractivity contribution >= 4 is 5.91 Å². The minimum absolute atomic E-state index is 0.0865. The monoisotopic (exact) mass is 256 g/mol. The fraction of sp³-hybridized carbons (Fsp3) is 0.462. The second-order valence-corrected chi connectivity index (χ2v) is 4.13. The predicted octanol–water partition coefficient (Wildman–Crippen LogP) is 1.83. The van der Waals surface area contributed by atoms with E-state index in [0.29, 0.717) is 12.1 Å². The number of benzene rings is 1. The highest BCUT2D eigenvalue weighted by Crippen LogP contribution is 2.09. The molecule has 0 radical (unpaired) electrons. The van der Waals surface area contributed by atoms with E-state index in [1.165, 1.54) is 6.07 Å². The lowest BCUT2D eigenvalue weighted by Gasteiger charge is -2.14. The first kappa shape index (κ1) is 14.6. The number of carbonyl (C=O) groups excluding carboxylic acids is 1. The molecule has 0 fully saturated rings. The van der Waals surface area contributed by atoms with Gasteiger partial charge in [-0.15, -0.1) is 0 Å². The highest BCUT2D eigenvalue weighted by atomic mass is 19.2. The van der Waals surface area contributed by atoms with Gasteiger partial charge in [0.2, 0.25) is 5.91 Å². The first-order valence-corrected chi connectivity index (χ1v) is 5.94. The van der Waals surface area contributed by atoms with Crippen LogP contribution >= 0.6 is 0 Å². The van der Waals surface area contributed by atoms with Crippen LogP contribution in [-0.2, 0) is 11.3 Å². The molecule has 0 aliphatic heterocycles. The highest BCUT2D eigenvalue weighted by molar-refractivity contribution is 5.78. The molecule has 0 aliphatic rings. The molecule has 5 heteroatoms. The number of halogens is 2. The van der Waals surface area contributed by atoms with Crippen LogP contribution in [0.25, 0.3) is 0 Å². The van der Waals surface area contributed by atoms with Crippen LogP contribution in [0.2, 0.25) is 0 Å². The molecule has 1 aromatic rings. The minimum Gasteiger partial charge on any atom is -0.352 e. The van der Waals surface area contributed by atoms with E-state index in [-0.39, 0.29) is 18.4 Å². The molecule has 0 saturated carbocycles. The van der Waals surface area contributed by atoms with Crippen molar-refractivity contribution in [3.8, 4) is 0 Å². The molecule has 1 rings (SSSR count). The van der Waals surface area contributed by atoms with Crippen molar-refractivity contribution in [3.63, 3.8) is 0 Å². The number of hydrogen-bond donors (Lipinski definition) is 2. The van der Waals surface area contributed by atoms with Gasteiger partial charge in [0, 0.05) is 13.1 Å². The molecule has 1 unspecified atom stereocenters. The summed E-state index contributed by atoms with van der Waals surface area (Å²) >= 11 is 0. The third-order valence-electron chi connectivity index (χ3n) is 2.76. The van der Waals surface area contributed by atoms with E-state index in [2.05, 4.69) is 10.6 Å². The quantitative estimate of drug-likeness (QED) is 0.815. The zero-order valence-electron chi connectivity index (χ0n) is 10.6. The van der Waals surface area contributed by atoms with Crippen LogP contribution in [0.1, 0.15) is 18.9 Å². The normalized spacial score (nSPS) is 12.2. The fourth-order valence-corrected chi connectivity index (χ4v) is 1.65.